The number of cyclic esters (lactones) is 1. The van der Waals surface area contributed by atoms with Gasteiger partial charge in [0.2, 0.25) is 0 Å². The molecule has 5 heterocycles. The Kier molecular flexibility index (Phi) is 32.0. The Bertz CT molecular complexity index is 3010. The first-order chi connectivity index (χ1) is 47.3. The second kappa shape index (κ2) is 36.5. The van der Waals surface area contributed by atoms with Gasteiger partial charge in [-0.25, -0.2) is 0 Å². The molecule has 0 aliphatic carbocycles. The van der Waals surface area contributed by atoms with Crippen molar-refractivity contribution in [3.05, 3.63) is 95.5 Å². The maximum Gasteiger partial charge on any atom is 0.313 e. The standard InChI is InChI=1S/C78H137N3O18Si4/c1-52-42-40-38-36-34-32-30-31-33-35-37-39-41-43-56(92-77(19)94-69-66(80-81-79)68(55(4)89-71(69)95-77)99-103(28,29)75(14,15)16)48-62-65(70(85)86-20)63(97-101(24,25)73(8,9)10)51-78(87-21,93-62)50-59(96-100(22,23)72(5,6)7)47-61(83)60(82)45-44-57-46-58(91-76(17,18)90-57)49-64(84)88-54(3)53(2)67(52)98-102(26,27)74(11,12)13/h30-43,52-63,65-69,71,82-83H,44-51H2,1-29H3/b31-30+,34-32+,35-33+,38-36+,39-37+,42-40+,43-41+/t52-,53-,54-,55+,56-,57+,58+,59-,60+,61+,62-,63-,65-,66-,67+,68+,69+,71+,77?,78+/m0/s1. The largest absolute Gasteiger partial charge is 0.469 e. The molecule has 103 heavy (non-hydrogen) atoms. The highest BCUT2D eigenvalue weighted by molar-refractivity contribution is 6.75. The van der Waals surface area contributed by atoms with E-state index < -0.39 is 154 Å². The number of rotatable bonds is 13. The van der Waals surface area contributed by atoms with E-state index in [1.54, 1.807) is 14.0 Å². The van der Waals surface area contributed by atoms with Crippen molar-refractivity contribution in [3.63, 3.8) is 0 Å². The quantitative estimate of drug-likeness (QED) is 0.0571. The Morgan fingerprint density at radius 1 is 0.592 bits per heavy atom. The second-order valence-electron chi connectivity index (χ2n) is 36.1. The summed E-state index contributed by atoms with van der Waals surface area (Å²) in [6, 6.07) is -0.862. The van der Waals surface area contributed by atoms with Gasteiger partial charge in [0.25, 0.3) is 5.97 Å². The zero-order valence-electron chi connectivity index (χ0n) is 68.4. The van der Waals surface area contributed by atoms with Gasteiger partial charge in [0.1, 0.15) is 18.1 Å². The average Bonchev–Trinajstić information content (AvgIpc) is 1.73. The maximum absolute atomic E-state index is 14.8. The van der Waals surface area contributed by atoms with E-state index in [0.717, 1.165) is 0 Å². The molecule has 0 amide bonds. The molecule has 0 aromatic heterocycles. The topological polar surface area (TPSA) is 253 Å². The lowest BCUT2D eigenvalue weighted by Crippen LogP contribution is -2.61. The van der Waals surface area contributed by atoms with E-state index in [1.165, 1.54) is 7.11 Å². The fourth-order valence-corrected chi connectivity index (χ4v) is 18.4. The van der Waals surface area contributed by atoms with E-state index in [9.17, 15) is 25.3 Å². The molecule has 2 N–H and O–H groups in total. The number of nitrogens with zero attached hydrogens (tertiary/aromatic N) is 3. The number of allylic oxidation sites excluding steroid dienone is 12. The number of fused-ring (bicyclic) bond motifs is 5. The van der Waals surface area contributed by atoms with Gasteiger partial charge in [0, 0.05) is 57.0 Å². The van der Waals surface area contributed by atoms with Gasteiger partial charge in [0.15, 0.2) is 51.1 Å². The van der Waals surface area contributed by atoms with Crippen molar-refractivity contribution < 1.29 is 84.9 Å². The summed E-state index contributed by atoms with van der Waals surface area (Å²) < 4.78 is 94.8. The van der Waals surface area contributed by atoms with Gasteiger partial charge in [-0.3, -0.25) is 14.3 Å². The fourth-order valence-electron chi connectivity index (χ4n) is 12.8. The lowest BCUT2D eigenvalue weighted by molar-refractivity contribution is -0.359. The highest BCUT2D eigenvalue weighted by Gasteiger charge is 2.60. The molecule has 21 nitrogen and oxygen atoms in total. The van der Waals surface area contributed by atoms with Gasteiger partial charge < -0.3 is 70.5 Å². The van der Waals surface area contributed by atoms with Crippen molar-refractivity contribution in [2.75, 3.05) is 14.2 Å². The number of hydrogen-bond donors (Lipinski definition) is 2. The van der Waals surface area contributed by atoms with Crippen molar-refractivity contribution in [3.8, 4) is 0 Å². The van der Waals surface area contributed by atoms with Crippen LogP contribution in [0, 0.1) is 17.8 Å². The van der Waals surface area contributed by atoms with Gasteiger partial charge in [-0.05, 0) is 125 Å². The zero-order chi connectivity index (χ0) is 77.9. The fraction of sp³-hybridized carbons (Fsp3) is 0.795. The van der Waals surface area contributed by atoms with Gasteiger partial charge in [-0.1, -0.05) is 187 Å². The lowest BCUT2D eigenvalue weighted by atomic mass is 9.82. The minimum absolute atomic E-state index is 0.00826. The predicted molar refractivity (Wildman–Crippen MR) is 416 cm³/mol. The van der Waals surface area contributed by atoms with Gasteiger partial charge in [0.05, 0.1) is 86.7 Å². The molecule has 0 radical (unpaired) electrons. The predicted octanol–water partition coefficient (Wildman–Crippen LogP) is 17.5. The van der Waals surface area contributed by atoms with Crippen molar-refractivity contribution in [2.45, 2.75) is 365 Å². The molecule has 5 aliphatic heterocycles. The summed E-state index contributed by atoms with van der Waals surface area (Å²) in [6.45, 7) is 56.5. The average molecular weight is 1520 g/mol. The molecule has 0 aromatic rings. The number of ether oxygens (including phenoxy) is 10. The van der Waals surface area contributed by atoms with Crippen molar-refractivity contribution >= 4 is 45.2 Å². The van der Waals surface area contributed by atoms with Crippen molar-refractivity contribution in [1.29, 1.82) is 0 Å². The second-order valence-corrected chi connectivity index (χ2v) is 55.1. The SMILES string of the molecule is COC(=O)[C@H]1[C@@H]2C[C@@H](OC3(C)O[C@H]4O[C@H](C)[C@@H](O[Si](C)(C)C(C)(C)C)[C@H](N=[N+]=[N-])[C@H]4O3)/C=C/C=C/C=C/C=C/C=C/C=C/C=C/[C@H](C)[C@@H](O[Si](C)(C)C(C)(C)C)[C@@H](C)[C@H](C)OC(=O)C[C@H]3C[C@@H](CC[C@@H](O)[C@H](O)C[C@H](O[Si](C)(C)C(C)(C)C)C[C@](OC)(C[C@@H]1O[Si](C)(C)C(C)(C)C)O2)OC(C)(C)O3. The molecular formula is C78H137N3O18Si4. The minimum atomic E-state index is -2.75. The number of carbonyl (C=O) groups excluding carboxylic acids is 2. The molecule has 20 atom stereocenters. The third kappa shape index (κ3) is 25.4. The molecule has 0 saturated carbocycles. The molecule has 25 heteroatoms. The molecule has 5 rings (SSSR count). The molecule has 4 fully saturated rings. The van der Waals surface area contributed by atoms with E-state index >= 15 is 0 Å². The number of aliphatic hydroxyl groups is 2. The monoisotopic (exact) mass is 1520 g/mol. The Morgan fingerprint density at radius 3 is 1.60 bits per heavy atom. The van der Waals surface area contributed by atoms with E-state index in [-0.39, 0.29) is 76.6 Å². The van der Waals surface area contributed by atoms with Crippen LogP contribution in [0.25, 0.3) is 10.4 Å². The highest BCUT2D eigenvalue weighted by Crippen LogP contribution is 2.50. The van der Waals surface area contributed by atoms with Crippen LogP contribution in [-0.2, 0) is 74.7 Å². The molecule has 0 spiro atoms. The van der Waals surface area contributed by atoms with E-state index in [4.69, 9.17) is 65.1 Å². The lowest BCUT2D eigenvalue weighted by Gasteiger charge is -2.51. The molecule has 0 aromatic carbocycles. The van der Waals surface area contributed by atoms with E-state index in [2.05, 4.69) is 165 Å². The summed E-state index contributed by atoms with van der Waals surface area (Å²) in [5.41, 5.74) is 10.1. The maximum atomic E-state index is 14.8. The van der Waals surface area contributed by atoms with Crippen LogP contribution in [0.2, 0.25) is 72.5 Å². The third-order valence-electron chi connectivity index (χ3n) is 23.1. The number of azide groups is 1. The van der Waals surface area contributed by atoms with Crippen LogP contribution in [0.1, 0.15) is 183 Å². The number of hydrogen-bond acceptors (Lipinski definition) is 19. The first kappa shape index (κ1) is 90.4. The van der Waals surface area contributed by atoms with Crippen molar-refractivity contribution in [1.82, 2.24) is 0 Å². The van der Waals surface area contributed by atoms with Crippen molar-refractivity contribution in [2.24, 2.45) is 22.9 Å². The number of methoxy groups -OCH3 is 2. The molecule has 5 aliphatic rings. The molecule has 4 bridgehead atoms. The van der Waals surface area contributed by atoms with Crippen LogP contribution < -0.4 is 0 Å². The molecule has 4 saturated heterocycles. The van der Waals surface area contributed by atoms with Gasteiger partial charge in [-0.2, -0.15) is 0 Å². The van der Waals surface area contributed by atoms with Crippen LogP contribution in [0.15, 0.2) is 90.2 Å². The van der Waals surface area contributed by atoms with Gasteiger partial charge >= 0.3 is 11.9 Å². The Labute approximate surface area is 624 Å². The van der Waals surface area contributed by atoms with Gasteiger partial charge in [-0.15, -0.1) is 0 Å². The Balaban J connectivity index is 1.65. The first-order valence-corrected chi connectivity index (χ1v) is 49.2. The smallest absolute Gasteiger partial charge is 0.313 e. The Hall–Kier alpha value is -3.26. The first-order valence-electron chi connectivity index (χ1n) is 37.6. The summed E-state index contributed by atoms with van der Waals surface area (Å²) in [5, 5.41) is 28.0. The molecule has 588 valence electrons. The van der Waals surface area contributed by atoms with Crippen LogP contribution in [0.5, 0.6) is 0 Å². The Morgan fingerprint density at radius 2 is 1.09 bits per heavy atom. The van der Waals surface area contributed by atoms with Crippen LogP contribution >= 0.6 is 0 Å². The normalized spacial score (nSPS) is 37.4. The highest BCUT2D eigenvalue weighted by atomic mass is 28.4. The number of esters is 2. The van der Waals surface area contributed by atoms with E-state index in [1.807, 2.05) is 107 Å². The zero-order valence-corrected chi connectivity index (χ0v) is 72.4. The minimum Gasteiger partial charge on any atom is -0.469 e. The summed E-state index contributed by atoms with van der Waals surface area (Å²) in [7, 11) is -7.29. The summed E-state index contributed by atoms with van der Waals surface area (Å²) in [5.74, 6) is -6.60. The molecule has 1 unspecified atom stereocenters. The van der Waals surface area contributed by atoms with Crippen LogP contribution in [-0.4, -0.2) is 179 Å². The summed E-state index contributed by atoms with van der Waals surface area (Å²) in [4.78, 5) is 32.1. The summed E-state index contributed by atoms with van der Waals surface area (Å²) in [6.07, 6.45) is 17.0. The third-order valence-corrected chi connectivity index (χ3v) is 41.1. The molecular weight excluding hydrogens is 1380 g/mol. The number of carbonyl (C=O) groups is 2. The van der Waals surface area contributed by atoms with E-state index in [0.29, 0.717) is 12.8 Å². The number of aliphatic hydroxyl groups excluding tert-OH is 2. The summed E-state index contributed by atoms with van der Waals surface area (Å²) >= 11 is 0. The van der Waals surface area contributed by atoms with Crippen LogP contribution in [0.3, 0.4) is 0 Å². The van der Waals surface area contributed by atoms with Crippen LogP contribution in [0.4, 0.5) is 0 Å².